The van der Waals surface area contributed by atoms with Crippen molar-refractivity contribution in [3.05, 3.63) is 23.8 Å². The van der Waals surface area contributed by atoms with Crippen molar-refractivity contribution in [2.75, 3.05) is 33.3 Å². The Morgan fingerprint density at radius 3 is 2.36 bits per heavy atom. The van der Waals surface area contributed by atoms with Crippen LogP contribution in [0, 0.1) is 5.92 Å². The van der Waals surface area contributed by atoms with E-state index >= 15 is 0 Å². The Balaban J connectivity index is 0.00000312. The molecule has 1 heterocycles. The summed E-state index contributed by atoms with van der Waals surface area (Å²) in [5, 5.41) is 3.30. The summed E-state index contributed by atoms with van der Waals surface area (Å²) < 4.78 is 47.2. The third-order valence-corrected chi connectivity index (χ3v) is 4.08. The van der Waals surface area contributed by atoms with Gasteiger partial charge in [0.1, 0.15) is 11.5 Å². The maximum absolute atomic E-state index is 12.5. The molecule has 0 saturated carbocycles. The minimum absolute atomic E-state index is 0. The molecule has 1 fully saturated rings. The number of piperazine rings is 1. The second kappa shape index (κ2) is 9.50. The second-order valence-corrected chi connectivity index (χ2v) is 6.38. The zero-order chi connectivity index (χ0) is 17.7. The third-order valence-electron chi connectivity index (χ3n) is 4.08. The van der Waals surface area contributed by atoms with Crippen LogP contribution in [-0.2, 0) is 0 Å². The van der Waals surface area contributed by atoms with E-state index in [1.165, 1.54) is 19.2 Å². The smallest absolute Gasteiger partial charge is 0.496 e. The average molecular weight is 383 g/mol. The molecule has 4 nitrogen and oxygen atoms in total. The highest BCUT2D eigenvalue weighted by molar-refractivity contribution is 5.85. The summed E-state index contributed by atoms with van der Waals surface area (Å²) in [4.78, 5) is 2.30. The van der Waals surface area contributed by atoms with Gasteiger partial charge in [0, 0.05) is 37.8 Å². The lowest BCUT2D eigenvalue weighted by Gasteiger charge is -2.36. The van der Waals surface area contributed by atoms with Gasteiger partial charge in [0.25, 0.3) is 0 Å². The Morgan fingerprint density at radius 1 is 1.20 bits per heavy atom. The maximum atomic E-state index is 12.5. The van der Waals surface area contributed by atoms with E-state index in [4.69, 9.17) is 4.74 Å². The van der Waals surface area contributed by atoms with E-state index in [1.54, 1.807) is 6.07 Å². The maximum Gasteiger partial charge on any atom is 0.573 e. The van der Waals surface area contributed by atoms with Gasteiger partial charge in [-0.15, -0.1) is 25.6 Å². The molecule has 0 bridgehead atoms. The number of rotatable bonds is 6. The number of hydrogen-bond donors (Lipinski definition) is 1. The van der Waals surface area contributed by atoms with Crippen molar-refractivity contribution >= 4 is 12.4 Å². The van der Waals surface area contributed by atoms with Gasteiger partial charge in [0.05, 0.1) is 7.11 Å². The molecular formula is C17H26ClF3N2O2. The van der Waals surface area contributed by atoms with Crippen LogP contribution < -0.4 is 14.8 Å². The Bertz CT molecular complexity index is 535. The first-order valence-electron chi connectivity index (χ1n) is 8.18. The standard InChI is InChI=1S/C17H25F3N2O2.ClH/c1-12(2)10-15(22-8-6-21-7-9-22)14-11-13(24-17(18,19)20)4-5-16(14)23-3;/h4-5,11-12,15,21H,6-10H2,1-3H3;1H/t15-;/m0./s1. The van der Waals surface area contributed by atoms with E-state index in [2.05, 4.69) is 28.8 Å². The highest BCUT2D eigenvalue weighted by Crippen LogP contribution is 2.37. The number of nitrogens with zero attached hydrogens (tertiary/aromatic N) is 1. The minimum Gasteiger partial charge on any atom is -0.496 e. The lowest BCUT2D eigenvalue weighted by atomic mass is 9.94. The van der Waals surface area contributed by atoms with Gasteiger partial charge in [-0.05, 0) is 30.5 Å². The lowest BCUT2D eigenvalue weighted by molar-refractivity contribution is -0.274. The van der Waals surface area contributed by atoms with Crippen molar-refractivity contribution in [1.29, 1.82) is 0 Å². The van der Waals surface area contributed by atoms with Gasteiger partial charge in [0.15, 0.2) is 0 Å². The van der Waals surface area contributed by atoms with E-state index in [1.807, 2.05) is 0 Å². The summed E-state index contributed by atoms with van der Waals surface area (Å²) in [5.74, 6) is 0.790. The first-order valence-corrected chi connectivity index (χ1v) is 8.18. The van der Waals surface area contributed by atoms with Crippen LogP contribution in [0.3, 0.4) is 0 Å². The predicted molar refractivity (Wildman–Crippen MR) is 93.6 cm³/mol. The van der Waals surface area contributed by atoms with E-state index in [0.29, 0.717) is 11.7 Å². The van der Waals surface area contributed by atoms with Crippen LogP contribution in [0.15, 0.2) is 18.2 Å². The van der Waals surface area contributed by atoms with Gasteiger partial charge >= 0.3 is 6.36 Å². The molecule has 144 valence electrons. The quantitative estimate of drug-likeness (QED) is 0.806. The Labute approximate surface area is 153 Å². The first-order chi connectivity index (χ1) is 11.3. The topological polar surface area (TPSA) is 33.7 Å². The molecule has 1 aliphatic heterocycles. The summed E-state index contributed by atoms with van der Waals surface area (Å²) in [6, 6.07) is 4.30. The molecule has 1 aromatic carbocycles. The molecule has 8 heteroatoms. The van der Waals surface area contributed by atoms with Gasteiger partial charge < -0.3 is 14.8 Å². The first kappa shape index (κ1) is 21.9. The van der Waals surface area contributed by atoms with Crippen LogP contribution in [0.5, 0.6) is 11.5 Å². The number of ether oxygens (including phenoxy) is 2. The molecule has 0 amide bonds. The SMILES string of the molecule is COc1ccc(OC(F)(F)F)cc1[C@H](CC(C)C)N1CCNCC1.Cl. The van der Waals surface area contributed by atoms with Crippen LogP contribution in [-0.4, -0.2) is 44.6 Å². The van der Waals surface area contributed by atoms with Crippen molar-refractivity contribution in [3.63, 3.8) is 0 Å². The fourth-order valence-electron chi connectivity index (χ4n) is 3.08. The number of nitrogens with one attached hydrogen (secondary N) is 1. The van der Waals surface area contributed by atoms with Crippen LogP contribution in [0.2, 0.25) is 0 Å². The molecular weight excluding hydrogens is 357 g/mol. The zero-order valence-corrected chi connectivity index (χ0v) is 15.5. The van der Waals surface area contributed by atoms with Crippen molar-refractivity contribution < 1.29 is 22.6 Å². The van der Waals surface area contributed by atoms with Crippen molar-refractivity contribution in [1.82, 2.24) is 10.2 Å². The van der Waals surface area contributed by atoms with Crippen LogP contribution in [0.25, 0.3) is 0 Å². The molecule has 1 N–H and O–H groups in total. The van der Waals surface area contributed by atoms with Gasteiger partial charge in [-0.1, -0.05) is 13.8 Å². The van der Waals surface area contributed by atoms with Gasteiger partial charge in [-0.3, -0.25) is 4.90 Å². The molecule has 0 spiro atoms. The summed E-state index contributed by atoms with van der Waals surface area (Å²) in [6.45, 7) is 7.66. The normalized spacial score (nSPS) is 17.1. The molecule has 0 aromatic heterocycles. The highest BCUT2D eigenvalue weighted by Gasteiger charge is 2.32. The number of hydrogen-bond acceptors (Lipinski definition) is 4. The number of alkyl halides is 3. The average Bonchev–Trinajstić information content (AvgIpc) is 2.52. The Hall–Kier alpha value is -1.18. The van der Waals surface area contributed by atoms with Gasteiger partial charge in [-0.2, -0.15) is 0 Å². The van der Waals surface area contributed by atoms with Crippen LogP contribution in [0.4, 0.5) is 13.2 Å². The van der Waals surface area contributed by atoms with Crippen LogP contribution >= 0.6 is 12.4 Å². The molecule has 0 radical (unpaired) electrons. The molecule has 0 unspecified atom stereocenters. The summed E-state index contributed by atoms with van der Waals surface area (Å²) >= 11 is 0. The molecule has 1 aromatic rings. The monoisotopic (exact) mass is 382 g/mol. The molecule has 0 aliphatic carbocycles. The molecule has 2 rings (SSSR count). The number of halogens is 4. The molecule has 1 saturated heterocycles. The fraction of sp³-hybridized carbons (Fsp3) is 0.647. The minimum atomic E-state index is -4.70. The number of benzene rings is 1. The van der Waals surface area contributed by atoms with Crippen LogP contribution in [0.1, 0.15) is 31.9 Å². The van der Waals surface area contributed by atoms with Crippen molar-refractivity contribution in [2.24, 2.45) is 5.92 Å². The molecule has 1 atom stereocenters. The van der Waals surface area contributed by atoms with Crippen molar-refractivity contribution in [3.8, 4) is 11.5 Å². The van der Waals surface area contributed by atoms with E-state index in [9.17, 15) is 13.2 Å². The highest BCUT2D eigenvalue weighted by atomic mass is 35.5. The second-order valence-electron chi connectivity index (χ2n) is 6.38. The van der Waals surface area contributed by atoms with E-state index < -0.39 is 6.36 Å². The van der Waals surface area contributed by atoms with E-state index in [0.717, 1.165) is 38.2 Å². The largest absolute Gasteiger partial charge is 0.573 e. The predicted octanol–water partition coefficient (Wildman–Crippen LogP) is 4.01. The zero-order valence-electron chi connectivity index (χ0n) is 14.7. The van der Waals surface area contributed by atoms with Gasteiger partial charge in [-0.25, -0.2) is 0 Å². The van der Waals surface area contributed by atoms with Crippen molar-refractivity contribution in [2.45, 2.75) is 32.7 Å². The molecule has 1 aliphatic rings. The summed E-state index contributed by atoms with van der Waals surface area (Å²) in [5.41, 5.74) is 0.745. The molecule has 25 heavy (non-hydrogen) atoms. The van der Waals surface area contributed by atoms with E-state index in [-0.39, 0.29) is 24.2 Å². The number of methoxy groups -OCH3 is 1. The third kappa shape index (κ3) is 6.56. The summed E-state index contributed by atoms with van der Waals surface area (Å²) in [7, 11) is 1.54. The summed E-state index contributed by atoms with van der Waals surface area (Å²) in [6.07, 6.45) is -3.86. The lowest BCUT2D eigenvalue weighted by Crippen LogP contribution is -2.45. The van der Waals surface area contributed by atoms with Gasteiger partial charge in [0.2, 0.25) is 0 Å². The Morgan fingerprint density at radius 2 is 1.84 bits per heavy atom. The Kier molecular flexibility index (Phi) is 8.31. The fourth-order valence-corrected chi connectivity index (χ4v) is 3.08.